The molecule has 0 aliphatic heterocycles. The van der Waals surface area contributed by atoms with Crippen LogP contribution in [0.4, 0.5) is 0 Å². The van der Waals surface area contributed by atoms with Gasteiger partial charge in [0.15, 0.2) is 5.82 Å². The number of aromatic amines is 1. The Kier molecular flexibility index (Phi) is 5.20. The smallest absolute Gasteiger partial charge is 0.224 e. The molecule has 0 unspecified atom stereocenters. The number of nitrogens with one attached hydrogen (secondary N) is 2. The van der Waals surface area contributed by atoms with E-state index in [-0.39, 0.29) is 5.91 Å². The van der Waals surface area contributed by atoms with Crippen molar-refractivity contribution >= 4 is 5.91 Å². The molecule has 0 aliphatic carbocycles. The van der Waals surface area contributed by atoms with Crippen molar-refractivity contribution in [3.63, 3.8) is 0 Å². The summed E-state index contributed by atoms with van der Waals surface area (Å²) in [7, 11) is 0. The Balaban J connectivity index is 1.32. The van der Waals surface area contributed by atoms with Gasteiger partial charge < -0.3 is 5.32 Å². The van der Waals surface area contributed by atoms with Crippen LogP contribution in [0.2, 0.25) is 0 Å². The summed E-state index contributed by atoms with van der Waals surface area (Å²) >= 11 is 0. The minimum absolute atomic E-state index is 0.0632. The van der Waals surface area contributed by atoms with Crippen molar-refractivity contribution < 1.29 is 4.79 Å². The average Bonchev–Trinajstić information content (AvgIpc) is 3.23. The second kappa shape index (κ2) is 8.26. The molecule has 0 saturated heterocycles. The van der Waals surface area contributed by atoms with E-state index >= 15 is 0 Å². The maximum Gasteiger partial charge on any atom is 0.224 e. The Morgan fingerprint density at radius 1 is 0.893 bits per heavy atom. The second-order valence-electron chi connectivity index (χ2n) is 6.36. The molecule has 2 aromatic heterocycles. The van der Waals surface area contributed by atoms with E-state index in [1.165, 1.54) is 0 Å². The summed E-state index contributed by atoms with van der Waals surface area (Å²) in [6, 6.07) is 21.9. The number of rotatable bonds is 6. The molecule has 4 aromatic rings. The summed E-state index contributed by atoms with van der Waals surface area (Å²) in [5, 5.41) is 9.88. The number of carbonyl (C=O) groups is 1. The van der Waals surface area contributed by atoms with E-state index < -0.39 is 0 Å². The van der Waals surface area contributed by atoms with Gasteiger partial charge in [-0.2, -0.15) is 5.10 Å². The number of amides is 1. The third-order valence-corrected chi connectivity index (χ3v) is 4.33. The van der Waals surface area contributed by atoms with E-state index in [1.807, 2.05) is 54.6 Å². The number of aromatic nitrogens is 4. The molecule has 0 aliphatic rings. The Morgan fingerprint density at radius 2 is 1.64 bits per heavy atom. The summed E-state index contributed by atoms with van der Waals surface area (Å²) in [4.78, 5) is 20.7. The number of H-pyrrole nitrogens is 1. The molecular weight excluding hydrogens is 350 g/mol. The Bertz CT molecular complexity index is 1040. The quantitative estimate of drug-likeness (QED) is 0.546. The first-order valence-corrected chi connectivity index (χ1v) is 9.01. The van der Waals surface area contributed by atoms with Gasteiger partial charge in [-0.3, -0.25) is 14.9 Å². The van der Waals surface area contributed by atoms with Crippen LogP contribution in [0, 0.1) is 0 Å². The van der Waals surface area contributed by atoms with Gasteiger partial charge in [0.25, 0.3) is 0 Å². The fraction of sp³-hybridized carbons (Fsp3) is 0.0909. The molecule has 0 spiro atoms. The lowest BCUT2D eigenvalue weighted by Crippen LogP contribution is -2.25. The maximum absolute atomic E-state index is 12.2. The van der Waals surface area contributed by atoms with Crippen LogP contribution in [-0.4, -0.2) is 26.1 Å². The van der Waals surface area contributed by atoms with Crippen LogP contribution in [0.3, 0.4) is 0 Å². The minimum atomic E-state index is -0.0632. The second-order valence-corrected chi connectivity index (χ2v) is 6.36. The first-order chi connectivity index (χ1) is 13.8. The zero-order valence-electron chi connectivity index (χ0n) is 15.2. The number of hydrogen-bond acceptors (Lipinski definition) is 4. The maximum atomic E-state index is 12.2. The van der Waals surface area contributed by atoms with Crippen molar-refractivity contribution in [3.8, 4) is 22.5 Å². The standard InChI is InChI=1S/C22H19N5O/c28-21(13-16-8-10-18(11-9-16)17-5-2-1-3-6-17)24-15-20-25-22(27-26-20)19-7-4-12-23-14-19/h1-12,14H,13,15H2,(H,24,28)(H,25,26,27). The molecule has 6 nitrogen and oxygen atoms in total. The van der Waals surface area contributed by atoms with E-state index in [2.05, 4.69) is 37.6 Å². The summed E-state index contributed by atoms with van der Waals surface area (Å²) in [5.74, 6) is 1.10. The van der Waals surface area contributed by atoms with Gasteiger partial charge in [0.05, 0.1) is 13.0 Å². The highest BCUT2D eigenvalue weighted by Gasteiger charge is 2.08. The molecule has 2 aromatic carbocycles. The highest BCUT2D eigenvalue weighted by molar-refractivity contribution is 5.78. The van der Waals surface area contributed by atoms with E-state index in [9.17, 15) is 4.79 Å². The Labute approximate surface area is 162 Å². The van der Waals surface area contributed by atoms with Crippen molar-refractivity contribution in [2.75, 3.05) is 0 Å². The van der Waals surface area contributed by atoms with Crippen molar-refractivity contribution in [1.82, 2.24) is 25.5 Å². The van der Waals surface area contributed by atoms with Gasteiger partial charge in [0, 0.05) is 18.0 Å². The molecule has 138 valence electrons. The van der Waals surface area contributed by atoms with Crippen molar-refractivity contribution in [1.29, 1.82) is 0 Å². The monoisotopic (exact) mass is 369 g/mol. The first kappa shape index (κ1) is 17.6. The van der Waals surface area contributed by atoms with E-state index in [4.69, 9.17) is 0 Å². The average molecular weight is 369 g/mol. The van der Waals surface area contributed by atoms with Crippen LogP contribution in [0.5, 0.6) is 0 Å². The molecule has 6 heteroatoms. The minimum Gasteiger partial charge on any atom is -0.349 e. The largest absolute Gasteiger partial charge is 0.349 e. The molecule has 0 bridgehead atoms. The SMILES string of the molecule is O=C(Cc1ccc(-c2ccccc2)cc1)NCc1nc(-c2cccnc2)n[nH]1. The molecule has 0 fully saturated rings. The van der Waals surface area contributed by atoms with Gasteiger partial charge in [-0.25, -0.2) is 4.98 Å². The molecule has 4 rings (SSSR count). The van der Waals surface area contributed by atoms with E-state index in [1.54, 1.807) is 12.4 Å². The fourth-order valence-corrected chi connectivity index (χ4v) is 2.87. The van der Waals surface area contributed by atoms with Gasteiger partial charge in [-0.1, -0.05) is 54.6 Å². The molecule has 0 saturated carbocycles. The Morgan fingerprint density at radius 3 is 2.39 bits per heavy atom. The van der Waals surface area contributed by atoms with Crippen LogP contribution in [-0.2, 0) is 17.8 Å². The number of benzene rings is 2. The van der Waals surface area contributed by atoms with Gasteiger partial charge in [-0.15, -0.1) is 0 Å². The third-order valence-electron chi connectivity index (χ3n) is 4.33. The normalized spacial score (nSPS) is 10.6. The van der Waals surface area contributed by atoms with Crippen LogP contribution in [0.15, 0.2) is 79.1 Å². The summed E-state index contributed by atoms with van der Waals surface area (Å²) in [5.41, 5.74) is 4.09. The lowest BCUT2D eigenvalue weighted by atomic mass is 10.0. The molecule has 28 heavy (non-hydrogen) atoms. The molecule has 1 amide bonds. The number of carbonyl (C=O) groups excluding carboxylic acids is 1. The van der Waals surface area contributed by atoms with E-state index in [0.717, 1.165) is 22.3 Å². The molecule has 0 atom stereocenters. The summed E-state index contributed by atoms with van der Waals surface area (Å²) < 4.78 is 0. The van der Waals surface area contributed by atoms with Gasteiger partial charge >= 0.3 is 0 Å². The zero-order chi connectivity index (χ0) is 19.2. The lowest BCUT2D eigenvalue weighted by molar-refractivity contribution is -0.120. The van der Waals surface area contributed by atoms with Gasteiger partial charge in [-0.05, 0) is 28.8 Å². The lowest BCUT2D eigenvalue weighted by Gasteiger charge is -2.05. The van der Waals surface area contributed by atoms with Crippen LogP contribution in [0.25, 0.3) is 22.5 Å². The molecule has 0 radical (unpaired) electrons. The Hall–Kier alpha value is -3.80. The predicted molar refractivity (Wildman–Crippen MR) is 107 cm³/mol. The number of nitrogens with zero attached hydrogens (tertiary/aromatic N) is 3. The van der Waals surface area contributed by atoms with Crippen molar-refractivity contribution in [2.45, 2.75) is 13.0 Å². The summed E-state index contributed by atoms with van der Waals surface area (Å²) in [6.45, 7) is 0.300. The highest BCUT2D eigenvalue weighted by Crippen LogP contribution is 2.19. The molecule has 2 heterocycles. The van der Waals surface area contributed by atoms with Gasteiger partial charge in [0.1, 0.15) is 5.82 Å². The van der Waals surface area contributed by atoms with Gasteiger partial charge in [0.2, 0.25) is 5.91 Å². The number of pyridine rings is 1. The zero-order valence-corrected chi connectivity index (χ0v) is 15.2. The van der Waals surface area contributed by atoms with Crippen LogP contribution < -0.4 is 5.32 Å². The third kappa shape index (κ3) is 4.29. The first-order valence-electron chi connectivity index (χ1n) is 9.01. The topological polar surface area (TPSA) is 83.6 Å². The van der Waals surface area contributed by atoms with Crippen LogP contribution in [0.1, 0.15) is 11.4 Å². The summed E-state index contributed by atoms with van der Waals surface area (Å²) in [6.07, 6.45) is 3.72. The van der Waals surface area contributed by atoms with Crippen molar-refractivity contribution in [2.24, 2.45) is 0 Å². The fourth-order valence-electron chi connectivity index (χ4n) is 2.87. The van der Waals surface area contributed by atoms with Crippen molar-refractivity contribution in [3.05, 3.63) is 90.5 Å². The predicted octanol–water partition coefficient (Wildman–Crippen LogP) is 3.39. The van der Waals surface area contributed by atoms with Crippen LogP contribution >= 0.6 is 0 Å². The molecular formula is C22H19N5O. The number of hydrogen-bond donors (Lipinski definition) is 2. The molecule has 2 N–H and O–H groups in total. The van der Waals surface area contributed by atoms with E-state index in [0.29, 0.717) is 24.6 Å². The highest BCUT2D eigenvalue weighted by atomic mass is 16.1.